The topological polar surface area (TPSA) is 59.0 Å². The molecular formula is C20H27NO4. The fourth-order valence-electron chi connectivity index (χ4n) is 3.89. The number of piperidine rings is 1. The SMILES string of the molecule is C=CCc1cc(C(=O)N2CCC3(CC2)OCCC[C@@H]3O)ccc1OC. The van der Waals surface area contributed by atoms with Gasteiger partial charge in [0, 0.05) is 25.3 Å². The van der Waals surface area contributed by atoms with E-state index in [-0.39, 0.29) is 5.91 Å². The third-order valence-corrected chi connectivity index (χ3v) is 5.41. The maximum atomic E-state index is 12.9. The van der Waals surface area contributed by atoms with Crippen molar-refractivity contribution in [3.63, 3.8) is 0 Å². The predicted octanol–water partition coefficient (Wildman–Crippen LogP) is 2.57. The number of nitrogens with zero attached hydrogens (tertiary/aromatic N) is 1. The number of allylic oxidation sites excluding steroid dienone is 1. The van der Waals surface area contributed by atoms with Crippen LogP contribution in [0.15, 0.2) is 30.9 Å². The van der Waals surface area contributed by atoms with E-state index in [0.717, 1.165) is 24.2 Å². The van der Waals surface area contributed by atoms with Gasteiger partial charge < -0.3 is 19.5 Å². The zero-order valence-electron chi connectivity index (χ0n) is 14.9. The van der Waals surface area contributed by atoms with Gasteiger partial charge in [0.2, 0.25) is 0 Å². The number of methoxy groups -OCH3 is 1. The summed E-state index contributed by atoms with van der Waals surface area (Å²) in [5, 5.41) is 10.3. The lowest BCUT2D eigenvalue weighted by molar-refractivity contribution is -0.174. The molecule has 0 radical (unpaired) electrons. The number of hydrogen-bond donors (Lipinski definition) is 1. The van der Waals surface area contributed by atoms with Crippen molar-refractivity contribution in [2.45, 2.75) is 43.8 Å². The number of likely N-dealkylation sites (tertiary alicyclic amines) is 1. The second-order valence-corrected chi connectivity index (χ2v) is 6.88. The van der Waals surface area contributed by atoms with E-state index in [0.29, 0.717) is 44.5 Å². The molecule has 1 aromatic carbocycles. The van der Waals surface area contributed by atoms with Gasteiger partial charge in [0.05, 0.1) is 18.8 Å². The summed E-state index contributed by atoms with van der Waals surface area (Å²) in [7, 11) is 1.63. The van der Waals surface area contributed by atoms with Crippen LogP contribution in [0.1, 0.15) is 41.6 Å². The Morgan fingerprint density at radius 3 is 2.88 bits per heavy atom. The second-order valence-electron chi connectivity index (χ2n) is 6.88. The first-order chi connectivity index (χ1) is 12.1. The van der Waals surface area contributed by atoms with Gasteiger partial charge in [-0.05, 0) is 55.9 Å². The molecule has 2 saturated heterocycles. The van der Waals surface area contributed by atoms with Gasteiger partial charge in [0.15, 0.2) is 0 Å². The summed E-state index contributed by atoms with van der Waals surface area (Å²) in [5.74, 6) is 0.792. The number of carbonyl (C=O) groups is 1. The molecule has 1 spiro atoms. The number of hydrogen-bond acceptors (Lipinski definition) is 4. The Kier molecular flexibility index (Phi) is 5.45. The van der Waals surface area contributed by atoms with Crippen molar-refractivity contribution in [1.82, 2.24) is 4.90 Å². The number of amides is 1. The third-order valence-electron chi connectivity index (χ3n) is 5.41. The van der Waals surface area contributed by atoms with E-state index < -0.39 is 11.7 Å². The van der Waals surface area contributed by atoms with Gasteiger partial charge in [-0.1, -0.05) is 6.08 Å². The van der Waals surface area contributed by atoms with Gasteiger partial charge in [0.25, 0.3) is 5.91 Å². The van der Waals surface area contributed by atoms with Crippen molar-refractivity contribution in [3.05, 3.63) is 42.0 Å². The molecule has 25 heavy (non-hydrogen) atoms. The largest absolute Gasteiger partial charge is 0.496 e. The van der Waals surface area contributed by atoms with Gasteiger partial charge in [-0.2, -0.15) is 0 Å². The summed E-state index contributed by atoms with van der Waals surface area (Å²) in [5.41, 5.74) is 1.17. The zero-order valence-corrected chi connectivity index (χ0v) is 14.9. The summed E-state index contributed by atoms with van der Waals surface area (Å²) >= 11 is 0. The molecule has 3 rings (SSSR count). The molecule has 136 valence electrons. The Bertz CT molecular complexity index is 635. The number of rotatable bonds is 4. The van der Waals surface area contributed by atoms with Crippen molar-refractivity contribution in [3.8, 4) is 5.75 Å². The summed E-state index contributed by atoms with van der Waals surface area (Å²) in [6.07, 6.45) is 5.12. The number of aliphatic hydroxyl groups excluding tert-OH is 1. The average Bonchev–Trinajstić information content (AvgIpc) is 2.64. The molecule has 0 bridgehead atoms. The Balaban J connectivity index is 1.70. The highest BCUT2D eigenvalue weighted by Crippen LogP contribution is 2.35. The normalized spacial score (nSPS) is 22.6. The number of aliphatic hydroxyl groups is 1. The van der Waals surface area contributed by atoms with Crippen molar-refractivity contribution in [1.29, 1.82) is 0 Å². The lowest BCUT2D eigenvalue weighted by atomic mass is 9.82. The summed E-state index contributed by atoms with van der Waals surface area (Å²) in [6, 6.07) is 5.54. The minimum Gasteiger partial charge on any atom is -0.496 e. The molecule has 2 aliphatic rings. The van der Waals surface area contributed by atoms with E-state index >= 15 is 0 Å². The lowest BCUT2D eigenvalue weighted by Gasteiger charge is -2.46. The zero-order chi connectivity index (χ0) is 17.9. The number of carbonyl (C=O) groups excluding carboxylic acids is 1. The first kappa shape index (κ1) is 18.0. The molecule has 0 unspecified atom stereocenters. The fraction of sp³-hybridized carbons (Fsp3) is 0.550. The van der Waals surface area contributed by atoms with Crippen LogP contribution in [0.2, 0.25) is 0 Å². The van der Waals surface area contributed by atoms with Gasteiger partial charge in [-0.15, -0.1) is 6.58 Å². The summed E-state index contributed by atoms with van der Waals surface area (Å²) in [6.45, 7) is 5.69. The lowest BCUT2D eigenvalue weighted by Crippen LogP contribution is -2.56. The van der Waals surface area contributed by atoms with Crippen molar-refractivity contribution in [2.75, 3.05) is 26.8 Å². The van der Waals surface area contributed by atoms with Crippen LogP contribution in [0.5, 0.6) is 5.75 Å². The molecule has 2 fully saturated rings. The Morgan fingerprint density at radius 2 is 2.24 bits per heavy atom. The smallest absolute Gasteiger partial charge is 0.253 e. The highest BCUT2D eigenvalue weighted by molar-refractivity contribution is 5.94. The minimum atomic E-state index is -0.455. The van der Waals surface area contributed by atoms with Crippen LogP contribution in [-0.2, 0) is 11.2 Å². The summed E-state index contributed by atoms with van der Waals surface area (Å²) < 4.78 is 11.3. The third kappa shape index (κ3) is 3.58. The van der Waals surface area contributed by atoms with E-state index in [1.165, 1.54) is 0 Å². The molecule has 5 heteroatoms. The molecule has 2 aliphatic heterocycles. The van der Waals surface area contributed by atoms with Gasteiger partial charge in [-0.25, -0.2) is 0 Å². The molecule has 5 nitrogen and oxygen atoms in total. The van der Waals surface area contributed by atoms with Crippen LogP contribution in [0.4, 0.5) is 0 Å². The fourth-order valence-corrected chi connectivity index (χ4v) is 3.89. The minimum absolute atomic E-state index is 0.0214. The summed E-state index contributed by atoms with van der Waals surface area (Å²) in [4.78, 5) is 14.7. The van der Waals surface area contributed by atoms with Gasteiger partial charge in [0.1, 0.15) is 5.75 Å². The molecular weight excluding hydrogens is 318 g/mol. The van der Waals surface area contributed by atoms with E-state index in [2.05, 4.69) is 6.58 Å². The van der Waals surface area contributed by atoms with Crippen LogP contribution in [0.25, 0.3) is 0 Å². The number of ether oxygens (including phenoxy) is 2. The highest BCUT2D eigenvalue weighted by atomic mass is 16.5. The van der Waals surface area contributed by atoms with E-state index in [1.807, 2.05) is 23.1 Å². The first-order valence-electron chi connectivity index (χ1n) is 8.99. The Hall–Kier alpha value is -1.85. The van der Waals surface area contributed by atoms with Crippen molar-refractivity contribution in [2.24, 2.45) is 0 Å². The molecule has 1 aromatic rings. The molecule has 2 heterocycles. The Labute approximate surface area is 149 Å². The van der Waals surface area contributed by atoms with Gasteiger partial charge >= 0.3 is 0 Å². The van der Waals surface area contributed by atoms with Gasteiger partial charge in [-0.3, -0.25) is 4.79 Å². The molecule has 1 amide bonds. The predicted molar refractivity (Wildman–Crippen MR) is 96.0 cm³/mol. The molecule has 0 aromatic heterocycles. The van der Waals surface area contributed by atoms with Crippen molar-refractivity contribution >= 4 is 5.91 Å². The van der Waals surface area contributed by atoms with E-state index in [9.17, 15) is 9.90 Å². The second kappa shape index (κ2) is 7.58. The standard InChI is InChI=1S/C20H27NO4/c1-3-5-15-14-16(7-8-17(15)24-2)19(23)21-11-9-20(10-12-21)18(22)6-4-13-25-20/h3,7-8,14,18,22H,1,4-6,9-13H2,2H3/t18-/m0/s1. The first-order valence-corrected chi connectivity index (χ1v) is 8.99. The number of benzene rings is 1. The van der Waals surface area contributed by atoms with Crippen LogP contribution >= 0.6 is 0 Å². The molecule has 1 atom stereocenters. The molecule has 0 saturated carbocycles. The maximum Gasteiger partial charge on any atom is 0.253 e. The van der Waals surface area contributed by atoms with Crippen molar-refractivity contribution < 1.29 is 19.4 Å². The average molecular weight is 345 g/mol. The van der Waals surface area contributed by atoms with Crippen LogP contribution in [0, 0.1) is 0 Å². The Morgan fingerprint density at radius 1 is 1.48 bits per heavy atom. The highest BCUT2D eigenvalue weighted by Gasteiger charge is 2.44. The van der Waals surface area contributed by atoms with E-state index in [1.54, 1.807) is 13.2 Å². The van der Waals surface area contributed by atoms with Crippen LogP contribution in [0.3, 0.4) is 0 Å². The van der Waals surface area contributed by atoms with Crippen LogP contribution < -0.4 is 4.74 Å². The monoisotopic (exact) mass is 345 g/mol. The molecule has 1 N–H and O–H groups in total. The molecule has 0 aliphatic carbocycles. The van der Waals surface area contributed by atoms with E-state index in [4.69, 9.17) is 9.47 Å². The van der Waals surface area contributed by atoms with Crippen LogP contribution in [-0.4, -0.2) is 54.4 Å². The quantitative estimate of drug-likeness (QED) is 0.852. The maximum absolute atomic E-state index is 12.9.